The van der Waals surface area contributed by atoms with Crippen molar-refractivity contribution in [3.63, 3.8) is 0 Å². The number of carbonyl (C=O) groups is 2. The van der Waals surface area contributed by atoms with Crippen LogP contribution in [0.5, 0.6) is 0 Å². The zero-order chi connectivity index (χ0) is 20.8. The van der Waals surface area contributed by atoms with Gasteiger partial charge in [-0.15, -0.1) is 0 Å². The summed E-state index contributed by atoms with van der Waals surface area (Å²) in [5.41, 5.74) is 3.73. The summed E-state index contributed by atoms with van der Waals surface area (Å²) in [6.45, 7) is 1.91. The molecule has 0 radical (unpaired) electrons. The SMILES string of the molecule is COC(=O)[C@H](CO)NC(=O)c1cn(Cc2ccccc2)nc1-c1ccc(C)cc1. The van der Waals surface area contributed by atoms with E-state index >= 15 is 0 Å². The molecule has 0 saturated heterocycles. The molecule has 29 heavy (non-hydrogen) atoms. The van der Waals surface area contributed by atoms with E-state index < -0.39 is 24.5 Å². The van der Waals surface area contributed by atoms with Crippen LogP contribution in [0.3, 0.4) is 0 Å². The van der Waals surface area contributed by atoms with Gasteiger partial charge in [-0.05, 0) is 12.5 Å². The predicted octanol–water partition coefficient (Wildman–Crippen LogP) is 2.17. The number of rotatable bonds is 7. The molecule has 0 bridgehead atoms. The van der Waals surface area contributed by atoms with Gasteiger partial charge < -0.3 is 15.2 Å². The molecule has 0 fully saturated rings. The normalized spacial score (nSPS) is 11.7. The first-order valence-electron chi connectivity index (χ1n) is 9.19. The van der Waals surface area contributed by atoms with Crippen molar-refractivity contribution in [1.29, 1.82) is 0 Å². The van der Waals surface area contributed by atoms with Gasteiger partial charge in [-0.3, -0.25) is 9.48 Å². The van der Waals surface area contributed by atoms with E-state index in [4.69, 9.17) is 0 Å². The highest BCUT2D eigenvalue weighted by Gasteiger charge is 2.25. The molecule has 0 aliphatic rings. The van der Waals surface area contributed by atoms with Crippen LogP contribution in [0.1, 0.15) is 21.5 Å². The number of carbonyl (C=O) groups excluding carboxylic acids is 2. The number of benzene rings is 2. The summed E-state index contributed by atoms with van der Waals surface area (Å²) in [6.07, 6.45) is 1.64. The fraction of sp³-hybridized carbons (Fsp3) is 0.227. The van der Waals surface area contributed by atoms with Gasteiger partial charge in [-0.1, -0.05) is 60.2 Å². The first-order chi connectivity index (χ1) is 14.0. The van der Waals surface area contributed by atoms with Crippen LogP contribution in [0.25, 0.3) is 11.3 Å². The molecular formula is C22H23N3O4. The molecule has 0 saturated carbocycles. The van der Waals surface area contributed by atoms with E-state index in [1.165, 1.54) is 7.11 Å². The number of amides is 1. The van der Waals surface area contributed by atoms with E-state index in [1.807, 2.05) is 61.5 Å². The molecule has 0 unspecified atom stereocenters. The van der Waals surface area contributed by atoms with Crippen LogP contribution in [0.15, 0.2) is 60.8 Å². The van der Waals surface area contributed by atoms with E-state index in [1.54, 1.807) is 10.9 Å². The molecule has 0 aliphatic carbocycles. The summed E-state index contributed by atoms with van der Waals surface area (Å²) in [6, 6.07) is 16.3. The summed E-state index contributed by atoms with van der Waals surface area (Å²) in [7, 11) is 1.20. The van der Waals surface area contributed by atoms with Crippen molar-refractivity contribution in [3.05, 3.63) is 77.5 Å². The van der Waals surface area contributed by atoms with Crippen molar-refractivity contribution in [2.75, 3.05) is 13.7 Å². The van der Waals surface area contributed by atoms with Crippen LogP contribution in [-0.2, 0) is 16.1 Å². The molecule has 3 aromatic rings. The number of hydrogen-bond acceptors (Lipinski definition) is 5. The largest absolute Gasteiger partial charge is 0.467 e. The molecule has 3 rings (SSSR count). The summed E-state index contributed by atoms with van der Waals surface area (Å²) in [4.78, 5) is 24.6. The molecule has 7 nitrogen and oxygen atoms in total. The number of hydrogen-bond donors (Lipinski definition) is 2. The maximum Gasteiger partial charge on any atom is 0.330 e. The summed E-state index contributed by atoms with van der Waals surface area (Å²) in [5, 5.41) is 16.5. The van der Waals surface area contributed by atoms with Crippen molar-refractivity contribution in [2.45, 2.75) is 19.5 Å². The van der Waals surface area contributed by atoms with Crippen LogP contribution < -0.4 is 5.32 Å². The lowest BCUT2D eigenvalue weighted by Gasteiger charge is -2.13. The fourth-order valence-corrected chi connectivity index (χ4v) is 2.92. The number of esters is 1. The maximum atomic E-state index is 12.9. The van der Waals surface area contributed by atoms with E-state index in [-0.39, 0.29) is 0 Å². The van der Waals surface area contributed by atoms with Gasteiger partial charge in [-0.25, -0.2) is 4.79 Å². The first kappa shape index (κ1) is 20.3. The number of aliphatic hydroxyl groups excluding tert-OH is 1. The van der Waals surface area contributed by atoms with Gasteiger partial charge in [0.15, 0.2) is 6.04 Å². The third kappa shape index (κ3) is 4.89. The fourth-order valence-electron chi connectivity index (χ4n) is 2.92. The minimum Gasteiger partial charge on any atom is -0.467 e. The second-order valence-corrected chi connectivity index (χ2v) is 6.67. The number of aliphatic hydroxyl groups is 1. The minimum absolute atomic E-state index is 0.312. The Kier molecular flexibility index (Phi) is 6.41. The van der Waals surface area contributed by atoms with E-state index in [9.17, 15) is 14.7 Å². The molecule has 1 atom stereocenters. The van der Waals surface area contributed by atoms with Crippen LogP contribution >= 0.6 is 0 Å². The van der Waals surface area contributed by atoms with Crippen molar-refractivity contribution >= 4 is 11.9 Å². The monoisotopic (exact) mass is 393 g/mol. The smallest absolute Gasteiger partial charge is 0.330 e. The average Bonchev–Trinajstić information content (AvgIpc) is 3.16. The number of methoxy groups -OCH3 is 1. The van der Waals surface area contributed by atoms with Gasteiger partial charge in [-0.2, -0.15) is 5.10 Å². The van der Waals surface area contributed by atoms with Gasteiger partial charge in [0.2, 0.25) is 0 Å². The Morgan fingerprint density at radius 2 is 1.83 bits per heavy atom. The van der Waals surface area contributed by atoms with Gasteiger partial charge >= 0.3 is 5.97 Å². The number of aromatic nitrogens is 2. The zero-order valence-corrected chi connectivity index (χ0v) is 16.3. The quantitative estimate of drug-likeness (QED) is 0.600. The average molecular weight is 393 g/mol. The molecule has 2 N–H and O–H groups in total. The lowest BCUT2D eigenvalue weighted by molar-refractivity contribution is -0.143. The molecule has 0 spiro atoms. The Balaban J connectivity index is 1.95. The molecule has 150 valence electrons. The standard InChI is InChI=1S/C22H23N3O4/c1-15-8-10-17(11-9-15)20-18(21(27)23-19(14-26)22(28)29-2)13-25(24-20)12-16-6-4-3-5-7-16/h3-11,13,19,26H,12,14H2,1-2H3,(H,23,27)/t19-/m0/s1. The highest BCUT2D eigenvalue weighted by atomic mass is 16.5. The van der Waals surface area contributed by atoms with Crippen LogP contribution in [0.2, 0.25) is 0 Å². The highest BCUT2D eigenvalue weighted by Crippen LogP contribution is 2.23. The van der Waals surface area contributed by atoms with E-state index in [0.29, 0.717) is 17.8 Å². The molecule has 0 aliphatic heterocycles. The summed E-state index contributed by atoms with van der Waals surface area (Å²) in [5.74, 6) is -1.22. The van der Waals surface area contributed by atoms with Gasteiger partial charge in [0.25, 0.3) is 5.91 Å². The lowest BCUT2D eigenvalue weighted by atomic mass is 10.1. The number of nitrogens with one attached hydrogen (secondary N) is 1. The first-order valence-corrected chi connectivity index (χ1v) is 9.19. The zero-order valence-electron chi connectivity index (χ0n) is 16.3. The van der Waals surface area contributed by atoms with E-state index in [2.05, 4.69) is 15.2 Å². The Morgan fingerprint density at radius 3 is 2.45 bits per heavy atom. The molecule has 1 aromatic heterocycles. The molecule has 1 heterocycles. The lowest BCUT2D eigenvalue weighted by Crippen LogP contribution is -2.44. The maximum absolute atomic E-state index is 12.9. The van der Waals surface area contributed by atoms with Gasteiger partial charge in [0.05, 0.1) is 25.8 Å². The summed E-state index contributed by atoms with van der Waals surface area (Å²) >= 11 is 0. The molecular weight excluding hydrogens is 370 g/mol. The number of ether oxygens (including phenoxy) is 1. The Morgan fingerprint density at radius 1 is 1.14 bits per heavy atom. The van der Waals surface area contributed by atoms with Crippen molar-refractivity contribution < 1.29 is 19.4 Å². The van der Waals surface area contributed by atoms with E-state index in [0.717, 1.165) is 16.7 Å². The van der Waals surface area contributed by atoms with Crippen LogP contribution in [0, 0.1) is 6.92 Å². The van der Waals surface area contributed by atoms with Crippen molar-refractivity contribution in [1.82, 2.24) is 15.1 Å². The van der Waals surface area contributed by atoms with Gasteiger partial charge in [0, 0.05) is 11.8 Å². The number of nitrogens with zero attached hydrogens (tertiary/aromatic N) is 2. The molecule has 1 amide bonds. The molecule has 7 heteroatoms. The third-order valence-electron chi connectivity index (χ3n) is 4.49. The van der Waals surface area contributed by atoms with Gasteiger partial charge in [0.1, 0.15) is 5.69 Å². The Hall–Kier alpha value is -3.45. The minimum atomic E-state index is -1.14. The Bertz CT molecular complexity index is 981. The topological polar surface area (TPSA) is 93.5 Å². The number of aryl methyl sites for hydroxylation is 1. The second-order valence-electron chi connectivity index (χ2n) is 6.67. The van der Waals surface area contributed by atoms with Crippen molar-refractivity contribution in [3.8, 4) is 11.3 Å². The third-order valence-corrected chi connectivity index (χ3v) is 4.49. The van der Waals surface area contributed by atoms with Crippen molar-refractivity contribution in [2.24, 2.45) is 0 Å². The Labute approximate surface area is 168 Å². The second kappa shape index (κ2) is 9.16. The highest BCUT2D eigenvalue weighted by molar-refractivity contribution is 6.01. The molecule has 2 aromatic carbocycles. The predicted molar refractivity (Wildman–Crippen MR) is 108 cm³/mol. The van der Waals surface area contributed by atoms with Crippen LogP contribution in [-0.4, -0.2) is 46.5 Å². The van der Waals surface area contributed by atoms with Crippen LogP contribution in [0.4, 0.5) is 0 Å². The summed E-state index contributed by atoms with van der Waals surface area (Å²) < 4.78 is 6.30.